The molecule has 100 valence electrons. The van der Waals surface area contributed by atoms with E-state index >= 15 is 0 Å². The van der Waals surface area contributed by atoms with Gasteiger partial charge in [0.2, 0.25) is 0 Å². The summed E-state index contributed by atoms with van der Waals surface area (Å²) in [5.74, 6) is -0.750. The molecule has 0 saturated heterocycles. The van der Waals surface area contributed by atoms with Gasteiger partial charge in [0.1, 0.15) is 0 Å². The van der Waals surface area contributed by atoms with Crippen LogP contribution in [0.3, 0.4) is 0 Å². The van der Waals surface area contributed by atoms with Gasteiger partial charge in [-0.05, 0) is 52.9 Å². The molecule has 1 unspecified atom stereocenters. The summed E-state index contributed by atoms with van der Waals surface area (Å²) in [5, 5.41) is 3.35. The van der Waals surface area contributed by atoms with Gasteiger partial charge in [0.25, 0.3) is 0 Å². The minimum absolute atomic E-state index is 0.0973. The van der Waals surface area contributed by atoms with E-state index in [2.05, 4.69) is 21.2 Å². The first-order valence-corrected chi connectivity index (χ1v) is 7.29. The fraction of sp³-hybridized carbons (Fsp3) is 0.571. The third-order valence-electron chi connectivity index (χ3n) is 3.45. The van der Waals surface area contributed by atoms with Gasteiger partial charge in [0.15, 0.2) is 11.6 Å². The van der Waals surface area contributed by atoms with E-state index in [1.54, 1.807) is 6.07 Å². The molecule has 0 spiro atoms. The van der Waals surface area contributed by atoms with E-state index in [-0.39, 0.29) is 10.5 Å². The normalized spacial score (nSPS) is 16.9. The molecule has 4 heteroatoms. The highest BCUT2D eigenvalue weighted by atomic mass is 79.9. The molecule has 1 atom stereocenters. The van der Waals surface area contributed by atoms with Crippen LogP contribution in [0.25, 0.3) is 0 Å². The summed E-state index contributed by atoms with van der Waals surface area (Å²) in [4.78, 5) is 0. The predicted octanol–water partition coefficient (Wildman–Crippen LogP) is 4.57. The molecule has 1 aliphatic rings. The zero-order valence-electron chi connectivity index (χ0n) is 10.5. The lowest BCUT2D eigenvalue weighted by molar-refractivity contribution is 0.465. The van der Waals surface area contributed by atoms with Crippen molar-refractivity contribution in [3.8, 4) is 0 Å². The number of benzene rings is 1. The smallest absolute Gasteiger partial charge is 0.173 e. The fourth-order valence-corrected chi connectivity index (χ4v) is 2.83. The van der Waals surface area contributed by atoms with E-state index in [0.29, 0.717) is 0 Å². The molecular weight excluding hydrogens is 300 g/mol. The molecule has 2 rings (SSSR count). The molecule has 0 bridgehead atoms. The van der Waals surface area contributed by atoms with Crippen LogP contribution in [0.2, 0.25) is 0 Å². The molecule has 1 aliphatic carbocycles. The van der Waals surface area contributed by atoms with Crippen molar-refractivity contribution in [3.05, 3.63) is 33.8 Å². The SMILES string of the molecule is CCNC(CCC1CC1)c1ccc(F)c(F)c1Br. The first-order valence-electron chi connectivity index (χ1n) is 6.50. The topological polar surface area (TPSA) is 12.0 Å². The highest BCUT2D eigenvalue weighted by Crippen LogP contribution is 2.37. The second-order valence-corrected chi connectivity index (χ2v) is 5.69. The van der Waals surface area contributed by atoms with Crippen LogP contribution in [0.15, 0.2) is 16.6 Å². The molecule has 0 amide bonds. The fourth-order valence-electron chi connectivity index (χ4n) is 2.23. The summed E-state index contributed by atoms with van der Waals surface area (Å²) < 4.78 is 26.9. The van der Waals surface area contributed by atoms with Gasteiger partial charge in [0.05, 0.1) is 4.47 Å². The Labute approximate surface area is 115 Å². The number of hydrogen-bond donors (Lipinski definition) is 1. The Morgan fingerprint density at radius 1 is 1.39 bits per heavy atom. The van der Waals surface area contributed by atoms with Gasteiger partial charge in [-0.2, -0.15) is 0 Å². The van der Waals surface area contributed by atoms with E-state index in [0.717, 1.165) is 30.9 Å². The average Bonchev–Trinajstić information content (AvgIpc) is 3.16. The van der Waals surface area contributed by atoms with E-state index in [4.69, 9.17) is 0 Å². The first-order chi connectivity index (χ1) is 8.63. The molecule has 1 fully saturated rings. The lowest BCUT2D eigenvalue weighted by atomic mass is 10.00. The van der Waals surface area contributed by atoms with Gasteiger partial charge >= 0.3 is 0 Å². The lowest BCUT2D eigenvalue weighted by Gasteiger charge is -2.20. The lowest BCUT2D eigenvalue weighted by Crippen LogP contribution is -2.21. The van der Waals surface area contributed by atoms with Crippen molar-refractivity contribution in [3.63, 3.8) is 0 Å². The van der Waals surface area contributed by atoms with Gasteiger partial charge in [-0.25, -0.2) is 8.78 Å². The van der Waals surface area contributed by atoms with Crippen LogP contribution < -0.4 is 5.32 Å². The molecular formula is C14H18BrF2N. The zero-order chi connectivity index (χ0) is 13.1. The minimum atomic E-state index is -0.803. The van der Waals surface area contributed by atoms with Gasteiger partial charge in [-0.1, -0.05) is 25.8 Å². The standard InChI is InChI=1S/C14H18BrF2N/c1-2-18-12(8-5-9-3-4-9)10-6-7-11(16)14(17)13(10)15/h6-7,9,12,18H,2-5,8H2,1H3. The van der Waals surface area contributed by atoms with E-state index in [9.17, 15) is 8.78 Å². The molecule has 1 aromatic carbocycles. The second-order valence-electron chi connectivity index (χ2n) is 4.90. The Hall–Kier alpha value is -0.480. The Kier molecular flexibility index (Phi) is 4.73. The van der Waals surface area contributed by atoms with Crippen molar-refractivity contribution < 1.29 is 8.78 Å². The molecule has 0 aromatic heterocycles. The van der Waals surface area contributed by atoms with Crippen molar-refractivity contribution >= 4 is 15.9 Å². The molecule has 1 saturated carbocycles. The highest BCUT2D eigenvalue weighted by molar-refractivity contribution is 9.10. The molecule has 0 heterocycles. The van der Waals surface area contributed by atoms with Crippen molar-refractivity contribution in [1.29, 1.82) is 0 Å². The Balaban J connectivity index is 2.15. The van der Waals surface area contributed by atoms with Crippen LogP contribution in [0.4, 0.5) is 8.78 Å². The van der Waals surface area contributed by atoms with Crippen LogP contribution in [0.1, 0.15) is 44.2 Å². The van der Waals surface area contributed by atoms with Crippen molar-refractivity contribution in [2.75, 3.05) is 6.54 Å². The number of nitrogens with one attached hydrogen (secondary N) is 1. The second kappa shape index (κ2) is 6.11. The summed E-state index contributed by atoms with van der Waals surface area (Å²) in [6, 6.07) is 2.97. The van der Waals surface area contributed by atoms with Crippen LogP contribution in [0, 0.1) is 17.6 Å². The maximum Gasteiger partial charge on any atom is 0.173 e. The molecule has 1 nitrogen and oxygen atoms in total. The number of halogens is 3. The Morgan fingerprint density at radius 2 is 2.11 bits per heavy atom. The maximum absolute atomic E-state index is 13.6. The minimum Gasteiger partial charge on any atom is -0.310 e. The summed E-state index contributed by atoms with van der Waals surface area (Å²) in [6.45, 7) is 2.85. The van der Waals surface area contributed by atoms with E-state index in [1.165, 1.54) is 18.9 Å². The Morgan fingerprint density at radius 3 is 2.72 bits per heavy atom. The first kappa shape index (κ1) is 13.9. The molecule has 0 radical (unpaired) electrons. The summed E-state index contributed by atoms with van der Waals surface area (Å²) in [5.41, 5.74) is 0.816. The van der Waals surface area contributed by atoms with E-state index < -0.39 is 11.6 Å². The van der Waals surface area contributed by atoms with Crippen molar-refractivity contribution in [2.24, 2.45) is 5.92 Å². The van der Waals surface area contributed by atoms with Crippen LogP contribution >= 0.6 is 15.9 Å². The molecule has 0 aliphatic heterocycles. The van der Waals surface area contributed by atoms with Gasteiger partial charge < -0.3 is 5.32 Å². The molecule has 18 heavy (non-hydrogen) atoms. The van der Waals surface area contributed by atoms with Gasteiger partial charge in [0, 0.05) is 6.04 Å². The molecule has 1 N–H and O–H groups in total. The summed E-state index contributed by atoms with van der Waals surface area (Å²) in [6.07, 6.45) is 4.76. The Bertz CT molecular complexity index is 419. The van der Waals surface area contributed by atoms with Crippen LogP contribution in [-0.4, -0.2) is 6.54 Å². The average molecular weight is 318 g/mol. The third-order valence-corrected chi connectivity index (χ3v) is 4.26. The zero-order valence-corrected chi connectivity index (χ0v) is 12.1. The van der Waals surface area contributed by atoms with Crippen molar-refractivity contribution in [1.82, 2.24) is 5.32 Å². The third kappa shape index (κ3) is 3.29. The maximum atomic E-state index is 13.6. The summed E-state index contributed by atoms with van der Waals surface area (Å²) in [7, 11) is 0. The van der Waals surface area contributed by atoms with Gasteiger partial charge in [-0.15, -0.1) is 0 Å². The predicted molar refractivity (Wildman–Crippen MR) is 72.4 cm³/mol. The van der Waals surface area contributed by atoms with Gasteiger partial charge in [-0.3, -0.25) is 0 Å². The van der Waals surface area contributed by atoms with E-state index in [1.807, 2.05) is 6.92 Å². The quantitative estimate of drug-likeness (QED) is 0.758. The largest absolute Gasteiger partial charge is 0.310 e. The molecule has 1 aromatic rings. The van der Waals surface area contributed by atoms with Crippen LogP contribution in [0.5, 0.6) is 0 Å². The number of rotatable bonds is 6. The summed E-state index contributed by atoms with van der Waals surface area (Å²) >= 11 is 3.17. The van der Waals surface area contributed by atoms with Crippen LogP contribution in [-0.2, 0) is 0 Å². The number of hydrogen-bond acceptors (Lipinski definition) is 1. The monoisotopic (exact) mass is 317 g/mol. The highest BCUT2D eigenvalue weighted by Gasteiger charge is 2.24. The van der Waals surface area contributed by atoms with Crippen molar-refractivity contribution in [2.45, 2.75) is 38.6 Å².